The first-order chi connectivity index (χ1) is 14.2. The van der Waals surface area contributed by atoms with Gasteiger partial charge in [-0.3, -0.25) is 9.69 Å². The van der Waals surface area contributed by atoms with Crippen LogP contribution in [0.1, 0.15) is 47.5 Å². The van der Waals surface area contributed by atoms with Crippen molar-refractivity contribution in [3.63, 3.8) is 0 Å². The Morgan fingerprint density at radius 2 is 1.86 bits per heavy atom. The smallest absolute Gasteiger partial charge is 0.251 e. The van der Waals surface area contributed by atoms with Crippen LogP contribution < -0.4 is 5.32 Å². The van der Waals surface area contributed by atoms with Gasteiger partial charge in [-0.1, -0.05) is 42.3 Å². The summed E-state index contributed by atoms with van der Waals surface area (Å²) in [6.07, 6.45) is 5.69. The molecule has 150 valence electrons. The number of rotatable bonds is 4. The van der Waals surface area contributed by atoms with Gasteiger partial charge in [-0.05, 0) is 49.9 Å². The monoisotopic (exact) mass is 425 g/mol. The molecule has 0 aliphatic carbocycles. The van der Waals surface area contributed by atoms with Crippen LogP contribution in [0, 0.1) is 0 Å². The maximum Gasteiger partial charge on any atom is 0.251 e. The van der Waals surface area contributed by atoms with E-state index in [1.165, 1.54) is 19.3 Å². The molecule has 0 radical (unpaired) electrons. The number of nitrogens with one attached hydrogen (secondary N) is 1. The zero-order chi connectivity index (χ0) is 19.8. The lowest BCUT2D eigenvalue weighted by atomic mass is 9.81. The van der Waals surface area contributed by atoms with Crippen LogP contribution in [0.15, 0.2) is 48.5 Å². The highest BCUT2D eigenvalue weighted by Crippen LogP contribution is 2.37. The first-order valence-corrected chi connectivity index (χ1v) is 11.5. The van der Waals surface area contributed by atoms with Crippen LogP contribution in [-0.2, 0) is 6.54 Å². The molecular weight excluding hydrogens is 402 g/mol. The Morgan fingerprint density at radius 3 is 2.59 bits per heavy atom. The number of carbonyl (C=O) groups excluding carboxylic acids is 1. The van der Waals surface area contributed by atoms with E-state index in [0.29, 0.717) is 12.1 Å². The van der Waals surface area contributed by atoms with Crippen LogP contribution in [-0.4, -0.2) is 33.9 Å². The second-order valence-corrected chi connectivity index (χ2v) is 9.64. The molecule has 5 rings (SSSR count). The minimum Gasteiger partial charge on any atom is -0.349 e. The average Bonchev–Trinajstić information content (AvgIpc) is 3.13. The molecule has 2 aliphatic heterocycles. The third-order valence-electron chi connectivity index (χ3n) is 6.23. The number of aromatic nitrogens is 1. The summed E-state index contributed by atoms with van der Waals surface area (Å²) in [7, 11) is 0. The molecule has 0 saturated carbocycles. The van der Waals surface area contributed by atoms with Gasteiger partial charge in [-0.15, -0.1) is 11.3 Å². The van der Waals surface area contributed by atoms with Crippen molar-refractivity contribution in [1.29, 1.82) is 0 Å². The Morgan fingerprint density at radius 1 is 1.10 bits per heavy atom. The Hall–Kier alpha value is -1.95. The molecule has 3 aromatic rings. The molecule has 4 nitrogen and oxygen atoms in total. The Labute approximate surface area is 179 Å². The highest BCUT2D eigenvalue weighted by molar-refractivity contribution is 7.18. The highest BCUT2D eigenvalue weighted by Gasteiger charge is 2.39. The summed E-state index contributed by atoms with van der Waals surface area (Å²) in [6.45, 7) is 0.879. The number of thiazole rings is 1. The van der Waals surface area contributed by atoms with Crippen LogP contribution in [0.2, 0.25) is 5.02 Å². The molecule has 2 fully saturated rings. The van der Waals surface area contributed by atoms with E-state index in [9.17, 15) is 4.79 Å². The van der Waals surface area contributed by atoms with E-state index in [4.69, 9.17) is 16.6 Å². The van der Waals surface area contributed by atoms with Crippen molar-refractivity contribution < 1.29 is 4.79 Å². The molecule has 2 atom stereocenters. The zero-order valence-electron chi connectivity index (χ0n) is 16.2. The van der Waals surface area contributed by atoms with Crippen molar-refractivity contribution >= 4 is 39.1 Å². The number of halogens is 1. The fourth-order valence-electron chi connectivity index (χ4n) is 4.90. The second-order valence-electron chi connectivity index (χ2n) is 8.11. The van der Waals surface area contributed by atoms with Crippen molar-refractivity contribution in [3.8, 4) is 0 Å². The highest BCUT2D eigenvalue weighted by atomic mass is 35.5. The number of benzene rings is 2. The van der Waals surface area contributed by atoms with Crippen molar-refractivity contribution in [2.75, 3.05) is 0 Å². The zero-order valence-corrected chi connectivity index (χ0v) is 17.8. The van der Waals surface area contributed by atoms with Gasteiger partial charge in [0.15, 0.2) is 0 Å². The van der Waals surface area contributed by atoms with Crippen molar-refractivity contribution in [3.05, 3.63) is 64.1 Å². The van der Waals surface area contributed by atoms with E-state index >= 15 is 0 Å². The van der Waals surface area contributed by atoms with Crippen LogP contribution in [0.4, 0.5) is 0 Å². The standard InChI is InChI=1S/C23H24ClN3OS/c24-19-10-5-11-20-22(19)26-21(29-20)14-27-17-8-4-9-18(27)13-16(12-17)25-23(28)15-6-2-1-3-7-15/h1-3,5-7,10-11,16-18H,4,8-9,12-14H2,(H,25,28). The van der Waals surface area contributed by atoms with Gasteiger partial charge < -0.3 is 5.32 Å². The number of hydrogen-bond acceptors (Lipinski definition) is 4. The fraction of sp³-hybridized carbons (Fsp3) is 0.391. The molecule has 6 heteroatoms. The number of hydrogen-bond donors (Lipinski definition) is 1. The van der Waals surface area contributed by atoms with E-state index in [1.807, 2.05) is 42.5 Å². The SMILES string of the molecule is O=C(NC1CC2CCCC(C1)N2Cc1nc2c(Cl)cccc2s1)c1ccccc1. The third-order valence-corrected chi connectivity index (χ3v) is 7.54. The molecular formula is C23H24ClN3OS. The van der Waals surface area contributed by atoms with Crippen molar-refractivity contribution in [2.24, 2.45) is 0 Å². The molecule has 3 heterocycles. The maximum absolute atomic E-state index is 12.6. The number of carbonyl (C=O) groups is 1. The molecule has 2 aliphatic rings. The van der Waals surface area contributed by atoms with E-state index in [0.717, 1.165) is 45.2 Å². The van der Waals surface area contributed by atoms with Gasteiger partial charge in [-0.2, -0.15) is 0 Å². The number of piperidine rings is 2. The Bertz CT molecular complexity index is 1010. The predicted octanol–water partition coefficient (Wildman–Crippen LogP) is 5.27. The van der Waals surface area contributed by atoms with Gasteiger partial charge in [0.2, 0.25) is 0 Å². The Balaban J connectivity index is 1.29. The molecule has 2 unspecified atom stereocenters. The summed E-state index contributed by atoms with van der Waals surface area (Å²) < 4.78 is 1.16. The van der Waals surface area contributed by atoms with E-state index in [2.05, 4.69) is 16.3 Å². The molecule has 29 heavy (non-hydrogen) atoms. The summed E-state index contributed by atoms with van der Waals surface area (Å²) in [5.41, 5.74) is 1.66. The quantitative estimate of drug-likeness (QED) is 0.619. The fourth-order valence-corrected chi connectivity index (χ4v) is 6.17. The first-order valence-electron chi connectivity index (χ1n) is 10.3. The van der Waals surface area contributed by atoms with Crippen LogP contribution in [0.5, 0.6) is 0 Å². The largest absolute Gasteiger partial charge is 0.349 e. The van der Waals surface area contributed by atoms with Crippen LogP contribution >= 0.6 is 22.9 Å². The summed E-state index contributed by atoms with van der Waals surface area (Å²) >= 11 is 8.06. The Kier molecular flexibility index (Phi) is 5.29. The van der Waals surface area contributed by atoms with Crippen molar-refractivity contribution in [2.45, 2.75) is 56.8 Å². The lowest BCUT2D eigenvalue weighted by molar-refractivity contribution is 0.0177. The second kappa shape index (κ2) is 8.05. The average molecular weight is 426 g/mol. The lowest BCUT2D eigenvalue weighted by Crippen LogP contribution is -2.56. The minimum absolute atomic E-state index is 0.0444. The molecule has 0 spiro atoms. The van der Waals surface area contributed by atoms with Crippen LogP contribution in [0.25, 0.3) is 10.2 Å². The van der Waals surface area contributed by atoms with Gasteiger partial charge >= 0.3 is 0 Å². The summed E-state index contributed by atoms with van der Waals surface area (Å²) in [4.78, 5) is 20.0. The number of amides is 1. The minimum atomic E-state index is 0.0444. The summed E-state index contributed by atoms with van der Waals surface area (Å²) in [6, 6.07) is 16.8. The summed E-state index contributed by atoms with van der Waals surface area (Å²) in [5.74, 6) is 0.0444. The molecule has 1 aromatic heterocycles. The summed E-state index contributed by atoms with van der Waals surface area (Å²) in [5, 5.41) is 5.15. The third kappa shape index (κ3) is 3.91. The molecule has 2 aromatic carbocycles. The lowest BCUT2D eigenvalue weighted by Gasteiger charge is -2.48. The van der Waals surface area contributed by atoms with Gasteiger partial charge in [0.25, 0.3) is 5.91 Å². The normalized spacial score (nSPS) is 24.5. The molecule has 2 bridgehead atoms. The van der Waals surface area contributed by atoms with Gasteiger partial charge in [-0.25, -0.2) is 4.98 Å². The topological polar surface area (TPSA) is 45.2 Å². The van der Waals surface area contributed by atoms with Gasteiger partial charge in [0.05, 0.1) is 16.3 Å². The molecule has 2 saturated heterocycles. The number of fused-ring (bicyclic) bond motifs is 3. The van der Waals surface area contributed by atoms with Gasteiger partial charge in [0, 0.05) is 23.7 Å². The number of para-hydroxylation sites is 1. The van der Waals surface area contributed by atoms with E-state index < -0.39 is 0 Å². The van der Waals surface area contributed by atoms with E-state index in [1.54, 1.807) is 11.3 Å². The maximum atomic E-state index is 12.6. The molecule has 1 N–H and O–H groups in total. The van der Waals surface area contributed by atoms with Crippen molar-refractivity contribution in [1.82, 2.24) is 15.2 Å². The number of nitrogens with zero attached hydrogens (tertiary/aromatic N) is 2. The van der Waals surface area contributed by atoms with Crippen LogP contribution in [0.3, 0.4) is 0 Å². The predicted molar refractivity (Wildman–Crippen MR) is 119 cm³/mol. The first kappa shape index (κ1) is 19.0. The van der Waals surface area contributed by atoms with E-state index in [-0.39, 0.29) is 11.9 Å². The van der Waals surface area contributed by atoms with Gasteiger partial charge in [0.1, 0.15) is 10.5 Å². The molecule has 1 amide bonds.